The van der Waals surface area contributed by atoms with Crippen molar-refractivity contribution in [1.29, 1.82) is 0 Å². The van der Waals surface area contributed by atoms with Gasteiger partial charge in [0.25, 0.3) is 15.9 Å². The SMILES string of the molecule is O=C(NCc1c(F)cc(F)cc1F)c1ccccc1NS(=O)(=O)c1cccc2nsnc12. The molecule has 0 fully saturated rings. The van der Waals surface area contributed by atoms with Gasteiger partial charge in [0.2, 0.25) is 0 Å². The van der Waals surface area contributed by atoms with Gasteiger partial charge in [0.05, 0.1) is 23.0 Å². The molecule has 4 rings (SSSR count). The lowest BCUT2D eigenvalue weighted by molar-refractivity contribution is 0.0951. The minimum absolute atomic E-state index is 0.0507. The number of carbonyl (C=O) groups is 1. The van der Waals surface area contributed by atoms with Gasteiger partial charge in [0, 0.05) is 24.2 Å². The predicted octanol–water partition coefficient (Wildman–Crippen LogP) is 3.84. The summed E-state index contributed by atoms with van der Waals surface area (Å²) >= 11 is 0.864. The summed E-state index contributed by atoms with van der Waals surface area (Å²) in [6, 6.07) is 11.2. The minimum Gasteiger partial charge on any atom is -0.348 e. The van der Waals surface area contributed by atoms with E-state index in [4.69, 9.17) is 0 Å². The average molecular weight is 478 g/mol. The Balaban J connectivity index is 1.59. The van der Waals surface area contributed by atoms with Crippen molar-refractivity contribution in [2.24, 2.45) is 0 Å². The molecule has 0 spiro atoms. The normalized spacial score (nSPS) is 11.5. The Morgan fingerprint density at radius 3 is 2.44 bits per heavy atom. The van der Waals surface area contributed by atoms with E-state index in [9.17, 15) is 26.4 Å². The van der Waals surface area contributed by atoms with Crippen LogP contribution >= 0.6 is 11.7 Å². The molecular formula is C20H13F3N4O3S2. The molecule has 0 saturated heterocycles. The van der Waals surface area contributed by atoms with E-state index in [0.29, 0.717) is 17.6 Å². The number of anilines is 1. The van der Waals surface area contributed by atoms with Gasteiger partial charge in [-0.15, -0.1) is 0 Å². The number of carbonyl (C=O) groups excluding carboxylic acids is 1. The highest BCUT2D eigenvalue weighted by atomic mass is 32.2. The zero-order valence-electron chi connectivity index (χ0n) is 16.0. The van der Waals surface area contributed by atoms with Gasteiger partial charge >= 0.3 is 0 Å². The Bertz CT molecular complexity index is 1420. The minimum atomic E-state index is -4.14. The van der Waals surface area contributed by atoms with Crippen LogP contribution in [-0.2, 0) is 16.6 Å². The van der Waals surface area contributed by atoms with Crippen LogP contribution in [-0.4, -0.2) is 23.1 Å². The number of fused-ring (bicyclic) bond motifs is 1. The third kappa shape index (κ3) is 4.27. The highest BCUT2D eigenvalue weighted by Crippen LogP contribution is 2.25. The van der Waals surface area contributed by atoms with E-state index in [2.05, 4.69) is 18.8 Å². The fourth-order valence-corrected chi connectivity index (χ4v) is 4.82. The Morgan fingerprint density at radius 1 is 0.969 bits per heavy atom. The number of amides is 1. The molecule has 0 atom stereocenters. The van der Waals surface area contributed by atoms with Crippen molar-refractivity contribution < 1.29 is 26.4 Å². The molecule has 1 aromatic heterocycles. The molecule has 0 saturated carbocycles. The van der Waals surface area contributed by atoms with E-state index in [-0.39, 0.29) is 21.7 Å². The Hall–Kier alpha value is -3.51. The van der Waals surface area contributed by atoms with Crippen LogP contribution in [0.4, 0.5) is 18.9 Å². The van der Waals surface area contributed by atoms with E-state index < -0.39 is 45.5 Å². The maximum Gasteiger partial charge on any atom is 0.264 e. The van der Waals surface area contributed by atoms with E-state index in [0.717, 1.165) is 11.7 Å². The molecule has 164 valence electrons. The smallest absolute Gasteiger partial charge is 0.264 e. The lowest BCUT2D eigenvalue weighted by Crippen LogP contribution is -2.26. The number of halogens is 3. The molecule has 12 heteroatoms. The first-order chi connectivity index (χ1) is 15.3. The molecule has 32 heavy (non-hydrogen) atoms. The number of nitrogens with one attached hydrogen (secondary N) is 2. The Labute approximate surface area is 184 Å². The molecule has 0 radical (unpaired) electrons. The molecular weight excluding hydrogens is 465 g/mol. The fourth-order valence-electron chi connectivity index (χ4n) is 2.97. The van der Waals surface area contributed by atoms with Crippen molar-refractivity contribution in [2.75, 3.05) is 4.72 Å². The summed E-state index contributed by atoms with van der Waals surface area (Å²) in [6.45, 7) is -0.568. The van der Waals surface area contributed by atoms with Crippen LogP contribution < -0.4 is 10.0 Å². The monoisotopic (exact) mass is 478 g/mol. The zero-order chi connectivity index (χ0) is 22.9. The van der Waals surface area contributed by atoms with Crippen LogP contribution in [0.2, 0.25) is 0 Å². The predicted molar refractivity (Wildman–Crippen MR) is 112 cm³/mol. The summed E-state index contributed by atoms with van der Waals surface area (Å²) in [7, 11) is -4.14. The summed E-state index contributed by atoms with van der Waals surface area (Å²) in [6.07, 6.45) is 0. The molecule has 1 amide bonds. The zero-order valence-corrected chi connectivity index (χ0v) is 17.6. The van der Waals surface area contributed by atoms with Gasteiger partial charge < -0.3 is 5.32 Å². The largest absolute Gasteiger partial charge is 0.348 e. The number of nitrogens with zero attached hydrogens (tertiary/aromatic N) is 2. The first-order valence-corrected chi connectivity index (χ1v) is 11.2. The molecule has 3 aromatic carbocycles. The van der Waals surface area contributed by atoms with Crippen LogP contribution in [0.25, 0.3) is 11.0 Å². The second-order valence-corrected chi connectivity index (χ2v) is 8.75. The number of benzene rings is 3. The second kappa shape index (κ2) is 8.55. The standard InChI is InChI=1S/C20H13F3N4O3S2/c21-11-8-14(22)13(15(23)9-11)10-24-20(28)12-4-1-2-5-16(12)27-32(29,30)18-7-3-6-17-19(18)26-31-25-17/h1-9,27H,10H2,(H,24,28). The molecule has 0 bridgehead atoms. The molecule has 0 aliphatic rings. The van der Waals surface area contributed by atoms with Gasteiger partial charge in [-0.3, -0.25) is 9.52 Å². The van der Waals surface area contributed by atoms with Gasteiger partial charge in [-0.2, -0.15) is 8.75 Å². The van der Waals surface area contributed by atoms with Gasteiger partial charge in [-0.25, -0.2) is 21.6 Å². The third-order valence-electron chi connectivity index (χ3n) is 4.49. The molecule has 4 aromatic rings. The first-order valence-electron chi connectivity index (χ1n) is 9.01. The second-order valence-electron chi connectivity index (χ2n) is 6.57. The highest BCUT2D eigenvalue weighted by molar-refractivity contribution is 7.93. The molecule has 0 aliphatic carbocycles. The average Bonchev–Trinajstić information content (AvgIpc) is 3.21. The lowest BCUT2D eigenvalue weighted by Gasteiger charge is -2.13. The number of rotatable bonds is 6. The maximum absolute atomic E-state index is 13.8. The fraction of sp³-hybridized carbons (Fsp3) is 0.0500. The molecule has 7 nitrogen and oxygen atoms in total. The summed E-state index contributed by atoms with van der Waals surface area (Å²) in [5, 5.41) is 2.31. The Kier molecular flexibility index (Phi) is 5.80. The van der Waals surface area contributed by atoms with Crippen LogP contribution in [0.3, 0.4) is 0 Å². The number of hydrogen-bond acceptors (Lipinski definition) is 6. The molecule has 0 unspecified atom stereocenters. The van der Waals surface area contributed by atoms with E-state index in [1.807, 2.05) is 0 Å². The highest BCUT2D eigenvalue weighted by Gasteiger charge is 2.22. The van der Waals surface area contributed by atoms with E-state index in [1.165, 1.54) is 36.4 Å². The van der Waals surface area contributed by atoms with Gasteiger partial charge in [0.15, 0.2) is 0 Å². The van der Waals surface area contributed by atoms with Crippen molar-refractivity contribution >= 4 is 44.4 Å². The number of sulfonamides is 1. The van der Waals surface area contributed by atoms with Gasteiger partial charge in [-0.05, 0) is 24.3 Å². The number of hydrogen-bond donors (Lipinski definition) is 2. The molecule has 2 N–H and O–H groups in total. The van der Waals surface area contributed by atoms with E-state index >= 15 is 0 Å². The van der Waals surface area contributed by atoms with Crippen LogP contribution in [0.1, 0.15) is 15.9 Å². The van der Waals surface area contributed by atoms with Crippen LogP contribution in [0.5, 0.6) is 0 Å². The van der Waals surface area contributed by atoms with Gasteiger partial charge in [-0.1, -0.05) is 18.2 Å². The topological polar surface area (TPSA) is 101 Å². The Morgan fingerprint density at radius 2 is 1.69 bits per heavy atom. The van der Waals surface area contributed by atoms with Gasteiger partial charge in [0.1, 0.15) is 33.4 Å². The lowest BCUT2D eigenvalue weighted by atomic mass is 10.1. The van der Waals surface area contributed by atoms with E-state index in [1.54, 1.807) is 6.07 Å². The van der Waals surface area contributed by atoms with Crippen LogP contribution in [0.15, 0.2) is 59.5 Å². The quantitative estimate of drug-likeness (QED) is 0.439. The maximum atomic E-state index is 13.8. The van der Waals surface area contributed by atoms with Crippen molar-refractivity contribution in [2.45, 2.75) is 11.4 Å². The van der Waals surface area contributed by atoms with Crippen molar-refractivity contribution in [3.63, 3.8) is 0 Å². The van der Waals surface area contributed by atoms with Crippen molar-refractivity contribution in [3.05, 3.63) is 83.2 Å². The number of aromatic nitrogens is 2. The summed E-state index contributed by atoms with van der Waals surface area (Å²) in [5.74, 6) is -4.18. The molecule has 1 heterocycles. The summed E-state index contributed by atoms with van der Waals surface area (Å²) < 4.78 is 77.0. The third-order valence-corrected chi connectivity index (χ3v) is 6.43. The van der Waals surface area contributed by atoms with Crippen molar-refractivity contribution in [3.8, 4) is 0 Å². The number of para-hydroxylation sites is 1. The van der Waals surface area contributed by atoms with Crippen molar-refractivity contribution in [1.82, 2.24) is 14.1 Å². The summed E-state index contributed by atoms with van der Waals surface area (Å²) in [5.41, 5.74) is -0.0604. The first kappa shape index (κ1) is 21.7. The molecule has 0 aliphatic heterocycles. The summed E-state index contributed by atoms with van der Waals surface area (Å²) in [4.78, 5) is 12.5. The van der Waals surface area contributed by atoms with Crippen LogP contribution in [0, 0.1) is 17.5 Å².